The van der Waals surface area contributed by atoms with Gasteiger partial charge in [-0.15, -0.1) is 0 Å². The molecule has 1 aromatic carbocycles. The number of rotatable bonds is 2. The summed E-state index contributed by atoms with van der Waals surface area (Å²) in [7, 11) is 2.13. The third-order valence-electron chi connectivity index (χ3n) is 5.31. The summed E-state index contributed by atoms with van der Waals surface area (Å²) in [5.74, 6) is 0. The van der Waals surface area contributed by atoms with E-state index in [1.54, 1.807) is 5.56 Å². The minimum absolute atomic E-state index is 0.495. The quantitative estimate of drug-likeness (QED) is 0.829. The largest absolute Gasteiger partial charge is 0.312 e. The van der Waals surface area contributed by atoms with Crippen LogP contribution < -0.4 is 5.32 Å². The highest BCUT2D eigenvalue weighted by atomic mass is 15.2. The topological polar surface area (TPSA) is 15.3 Å². The van der Waals surface area contributed by atoms with Gasteiger partial charge in [0.15, 0.2) is 0 Å². The molecule has 1 aliphatic carbocycles. The summed E-state index contributed by atoms with van der Waals surface area (Å²) in [6, 6.07) is 11.0. The van der Waals surface area contributed by atoms with Crippen molar-refractivity contribution in [2.24, 2.45) is 0 Å². The number of hydrogen-bond acceptors (Lipinski definition) is 2. The Morgan fingerprint density at radius 2 is 1.95 bits per heavy atom. The lowest BCUT2D eigenvalue weighted by Gasteiger charge is -2.43. The fourth-order valence-corrected chi connectivity index (χ4v) is 4.26. The van der Waals surface area contributed by atoms with Gasteiger partial charge in [0.1, 0.15) is 0 Å². The summed E-state index contributed by atoms with van der Waals surface area (Å²) in [5.41, 5.74) is 3.09. The van der Waals surface area contributed by atoms with E-state index in [1.807, 2.05) is 0 Å². The Hall–Kier alpha value is -0.860. The summed E-state index contributed by atoms with van der Waals surface area (Å²) in [6.07, 6.45) is 8.04. The maximum atomic E-state index is 3.63. The highest BCUT2D eigenvalue weighted by Crippen LogP contribution is 2.34. The SMILES string of the molecule is CNC1c2ccccc2CCCC1N1CCCCC1C. The molecule has 0 bridgehead atoms. The Labute approximate surface area is 123 Å². The van der Waals surface area contributed by atoms with Crippen LogP contribution in [0.3, 0.4) is 0 Å². The Kier molecular flexibility index (Phi) is 4.42. The lowest BCUT2D eigenvalue weighted by atomic mass is 9.92. The zero-order chi connectivity index (χ0) is 13.9. The van der Waals surface area contributed by atoms with E-state index in [9.17, 15) is 0 Å². The zero-order valence-corrected chi connectivity index (χ0v) is 12.9. The van der Waals surface area contributed by atoms with Gasteiger partial charge in [-0.05, 0) is 63.7 Å². The predicted molar refractivity (Wildman–Crippen MR) is 85.0 cm³/mol. The molecule has 2 heteroatoms. The van der Waals surface area contributed by atoms with Crippen molar-refractivity contribution >= 4 is 0 Å². The van der Waals surface area contributed by atoms with Crippen LogP contribution in [0.2, 0.25) is 0 Å². The average molecular weight is 272 g/mol. The van der Waals surface area contributed by atoms with Crippen molar-refractivity contribution in [3.63, 3.8) is 0 Å². The molecule has 0 amide bonds. The van der Waals surface area contributed by atoms with E-state index < -0.39 is 0 Å². The van der Waals surface area contributed by atoms with Gasteiger partial charge in [-0.3, -0.25) is 4.90 Å². The molecule has 110 valence electrons. The van der Waals surface area contributed by atoms with Crippen LogP contribution in [0.5, 0.6) is 0 Å². The first-order chi connectivity index (χ1) is 9.81. The number of nitrogens with one attached hydrogen (secondary N) is 1. The minimum Gasteiger partial charge on any atom is -0.312 e. The first-order valence-electron chi connectivity index (χ1n) is 8.32. The van der Waals surface area contributed by atoms with E-state index in [4.69, 9.17) is 0 Å². The van der Waals surface area contributed by atoms with Crippen LogP contribution in [0.25, 0.3) is 0 Å². The van der Waals surface area contributed by atoms with E-state index in [0.29, 0.717) is 12.1 Å². The molecule has 1 heterocycles. The number of nitrogens with zero attached hydrogens (tertiary/aromatic N) is 1. The molecule has 1 saturated heterocycles. The lowest BCUT2D eigenvalue weighted by Crippen LogP contribution is -2.49. The number of likely N-dealkylation sites (N-methyl/N-ethyl adjacent to an activating group) is 1. The molecule has 2 nitrogen and oxygen atoms in total. The minimum atomic E-state index is 0.495. The highest BCUT2D eigenvalue weighted by Gasteiger charge is 2.34. The molecule has 3 atom stereocenters. The van der Waals surface area contributed by atoms with E-state index in [2.05, 4.69) is 48.5 Å². The molecule has 1 fully saturated rings. The van der Waals surface area contributed by atoms with Crippen LogP contribution in [-0.4, -0.2) is 30.6 Å². The van der Waals surface area contributed by atoms with Crippen LogP contribution in [0.15, 0.2) is 24.3 Å². The van der Waals surface area contributed by atoms with Gasteiger partial charge in [-0.1, -0.05) is 30.7 Å². The predicted octanol–water partition coefficient (Wildman–Crippen LogP) is 3.53. The van der Waals surface area contributed by atoms with Gasteiger partial charge in [0.05, 0.1) is 0 Å². The second kappa shape index (κ2) is 6.28. The molecule has 1 N–H and O–H groups in total. The zero-order valence-electron chi connectivity index (χ0n) is 12.9. The van der Waals surface area contributed by atoms with Crippen LogP contribution in [0.4, 0.5) is 0 Å². The Morgan fingerprint density at radius 1 is 1.10 bits per heavy atom. The van der Waals surface area contributed by atoms with E-state index in [0.717, 1.165) is 6.04 Å². The summed E-state index contributed by atoms with van der Waals surface area (Å²) in [4.78, 5) is 2.78. The van der Waals surface area contributed by atoms with Crippen LogP contribution >= 0.6 is 0 Å². The number of benzene rings is 1. The Bertz CT molecular complexity index is 443. The maximum Gasteiger partial charge on any atom is 0.0478 e. The molecule has 2 aliphatic rings. The number of likely N-dealkylation sites (tertiary alicyclic amines) is 1. The third kappa shape index (κ3) is 2.64. The van der Waals surface area contributed by atoms with Gasteiger partial charge < -0.3 is 5.32 Å². The second-order valence-corrected chi connectivity index (χ2v) is 6.51. The summed E-state index contributed by atoms with van der Waals surface area (Å²) in [5, 5.41) is 3.63. The molecule has 3 rings (SSSR count). The van der Waals surface area contributed by atoms with Crippen molar-refractivity contribution < 1.29 is 0 Å². The van der Waals surface area contributed by atoms with Crippen LogP contribution in [0.1, 0.15) is 56.2 Å². The van der Waals surface area contributed by atoms with E-state index in [-0.39, 0.29) is 0 Å². The summed E-state index contributed by atoms with van der Waals surface area (Å²) < 4.78 is 0. The van der Waals surface area contributed by atoms with Crippen molar-refractivity contribution in [2.75, 3.05) is 13.6 Å². The molecule has 20 heavy (non-hydrogen) atoms. The molecule has 0 radical (unpaired) electrons. The number of aryl methyl sites for hydroxylation is 1. The summed E-state index contributed by atoms with van der Waals surface area (Å²) >= 11 is 0. The normalized spacial score (nSPS) is 31.6. The molecule has 1 aliphatic heterocycles. The number of piperidine rings is 1. The first kappa shape index (κ1) is 14.1. The van der Waals surface area contributed by atoms with Crippen LogP contribution in [0, 0.1) is 0 Å². The molecule has 1 aromatic rings. The van der Waals surface area contributed by atoms with Crippen LogP contribution in [-0.2, 0) is 6.42 Å². The summed E-state index contributed by atoms with van der Waals surface area (Å²) in [6.45, 7) is 3.70. The smallest absolute Gasteiger partial charge is 0.0478 e. The molecule has 0 saturated carbocycles. The van der Waals surface area contributed by atoms with Gasteiger partial charge in [-0.25, -0.2) is 0 Å². The fourth-order valence-electron chi connectivity index (χ4n) is 4.26. The standard InChI is InChI=1S/C18H28N2/c1-14-8-5-6-13-20(14)17-12-7-10-15-9-3-4-11-16(15)18(17)19-2/h3-4,9,11,14,17-19H,5-8,10,12-13H2,1-2H3. The Morgan fingerprint density at radius 3 is 2.75 bits per heavy atom. The van der Waals surface area contributed by atoms with Gasteiger partial charge in [0.25, 0.3) is 0 Å². The number of fused-ring (bicyclic) bond motifs is 1. The highest BCUT2D eigenvalue weighted by molar-refractivity contribution is 5.32. The molecule has 3 unspecified atom stereocenters. The second-order valence-electron chi connectivity index (χ2n) is 6.51. The Balaban J connectivity index is 1.90. The average Bonchev–Trinajstić information content (AvgIpc) is 2.66. The van der Waals surface area contributed by atoms with Crippen molar-refractivity contribution in [3.05, 3.63) is 35.4 Å². The molecular weight excluding hydrogens is 244 g/mol. The molecule has 0 spiro atoms. The van der Waals surface area contributed by atoms with Crippen molar-refractivity contribution in [3.8, 4) is 0 Å². The van der Waals surface area contributed by atoms with Gasteiger partial charge in [0, 0.05) is 18.1 Å². The fraction of sp³-hybridized carbons (Fsp3) is 0.667. The monoisotopic (exact) mass is 272 g/mol. The lowest BCUT2D eigenvalue weighted by molar-refractivity contribution is 0.0775. The molecule has 0 aromatic heterocycles. The van der Waals surface area contributed by atoms with Crippen molar-refractivity contribution in [2.45, 2.75) is 63.6 Å². The maximum absolute atomic E-state index is 3.63. The van der Waals surface area contributed by atoms with Gasteiger partial charge in [0.2, 0.25) is 0 Å². The van der Waals surface area contributed by atoms with Gasteiger partial charge in [-0.2, -0.15) is 0 Å². The van der Waals surface area contributed by atoms with Crippen molar-refractivity contribution in [1.82, 2.24) is 10.2 Å². The van der Waals surface area contributed by atoms with E-state index in [1.165, 1.54) is 50.6 Å². The van der Waals surface area contributed by atoms with Gasteiger partial charge >= 0.3 is 0 Å². The number of hydrogen-bond donors (Lipinski definition) is 1. The first-order valence-corrected chi connectivity index (χ1v) is 8.32. The van der Waals surface area contributed by atoms with Crippen molar-refractivity contribution in [1.29, 1.82) is 0 Å². The van der Waals surface area contributed by atoms with E-state index >= 15 is 0 Å². The third-order valence-corrected chi connectivity index (χ3v) is 5.31. The molecular formula is C18H28N2.